The molecule has 8 heteroatoms. The van der Waals surface area contributed by atoms with Crippen LogP contribution in [0.5, 0.6) is 11.5 Å². The molecule has 5 N–H and O–H groups in total. The third-order valence-electron chi connectivity index (χ3n) is 5.57. The van der Waals surface area contributed by atoms with Crippen molar-refractivity contribution in [2.45, 2.75) is 31.4 Å². The SMILES string of the molecule is CNC(=O)N1CCC(Nc2ccc(CCNCC(O)COc3ccc(O)cc3)cc2)CC1. The number of aliphatic hydroxyl groups is 1. The molecule has 8 nitrogen and oxygen atoms in total. The first-order valence-corrected chi connectivity index (χ1v) is 11.2. The Bertz CT molecular complexity index is 821. The number of phenolic OH excluding ortho intramolecular Hbond substituents is 1. The fraction of sp³-hybridized carbons (Fsp3) is 0.458. The minimum atomic E-state index is -0.606. The summed E-state index contributed by atoms with van der Waals surface area (Å²) in [6, 6.07) is 15.3. The van der Waals surface area contributed by atoms with E-state index in [2.05, 4.69) is 40.2 Å². The van der Waals surface area contributed by atoms with E-state index in [1.54, 1.807) is 31.3 Å². The minimum absolute atomic E-state index is 0.00111. The lowest BCUT2D eigenvalue weighted by Gasteiger charge is -2.32. The summed E-state index contributed by atoms with van der Waals surface area (Å²) in [6.07, 6.45) is 2.15. The molecule has 1 aliphatic heterocycles. The number of carbonyl (C=O) groups excluding carboxylic acids is 1. The van der Waals surface area contributed by atoms with Crippen LogP contribution < -0.4 is 20.7 Å². The van der Waals surface area contributed by atoms with Gasteiger partial charge >= 0.3 is 6.03 Å². The number of carbonyl (C=O) groups is 1. The molecule has 1 atom stereocenters. The van der Waals surface area contributed by atoms with Gasteiger partial charge in [-0.05, 0) is 67.8 Å². The number of benzene rings is 2. The Hall–Kier alpha value is -2.97. The van der Waals surface area contributed by atoms with Gasteiger partial charge in [0.25, 0.3) is 0 Å². The van der Waals surface area contributed by atoms with Gasteiger partial charge in [-0.3, -0.25) is 0 Å². The number of amides is 2. The van der Waals surface area contributed by atoms with Gasteiger partial charge in [0.05, 0.1) is 0 Å². The van der Waals surface area contributed by atoms with Crippen LogP contribution in [0.1, 0.15) is 18.4 Å². The second kappa shape index (κ2) is 12.2. The summed E-state index contributed by atoms with van der Waals surface area (Å²) in [6.45, 7) is 2.95. The van der Waals surface area contributed by atoms with Crippen molar-refractivity contribution in [3.63, 3.8) is 0 Å². The molecule has 1 unspecified atom stereocenters. The smallest absolute Gasteiger partial charge is 0.317 e. The highest BCUT2D eigenvalue weighted by atomic mass is 16.5. The second-order valence-corrected chi connectivity index (χ2v) is 8.07. The van der Waals surface area contributed by atoms with E-state index in [1.165, 1.54) is 5.56 Å². The fourth-order valence-electron chi connectivity index (χ4n) is 3.68. The summed E-state index contributed by atoms with van der Waals surface area (Å²) in [7, 11) is 1.67. The van der Waals surface area contributed by atoms with Crippen LogP contribution in [0.4, 0.5) is 10.5 Å². The standard InChI is InChI=1S/C24H34N4O4/c1-25-24(31)28-14-11-20(12-15-28)27-19-4-2-18(3-5-19)10-13-26-16-22(30)17-32-23-8-6-21(29)7-9-23/h2-9,20,22,26-27,29-30H,10-17H2,1H3,(H,25,31). The van der Waals surface area contributed by atoms with Crippen molar-refractivity contribution in [1.82, 2.24) is 15.5 Å². The van der Waals surface area contributed by atoms with Crippen LogP contribution in [-0.4, -0.2) is 73.1 Å². The zero-order chi connectivity index (χ0) is 22.8. The van der Waals surface area contributed by atoms with Gasteiger partial charge in [-0.2, -0.15) is 0 Å². The average molecular weight is 443 g/mol. The topological polar surface area (TPSA) is 106 Å². The molecule has 1 fully saturated rings. The van der Waals surface area contributed by atoms with Crippen LogP contribution in [0.25, 0.3) is 0 Å². The van der Waals surface area contributed by atoms with Gasteiger partial charge in [-0.1, -0.05) is 12.1 Å². The maximum absolute atomic E-state index is 11.7. The number of piperidine rings is 1. The third kappa shape index (κ3) is 7.62. The zero-order valence-electron chi connectivity index (χ0n) is 18.6. The number of likely N-dealkylation sites (tertiary alicyclic amines) is 1. The van der Waals surface area contributed by atoms with Gasteiger partial charge in [0.15, 0.2) is 0 Å². The number of nitrogens with zero attached hydrogens (tertiary/aromatic N) is 1. The van der Waals surface area contributed by atoms with Crippen LogP contribution in [0.15, 0.2) is 48.5 Å². The summed E-state index contributed by atoms with van der Waals surface area (Å²) in [5.74, 6) is 0.805. The monoisotopic (exact) mass is 442 g/mol. The van der Waals surface area contributed by atoms with Crippen LogP contribution in [-0.2, 0) is 6.42 Å². The molecule has 0 saturated carbocycles. The van der Waals surface area contributed by atoms with Gasteiger partial charge in [0.1, 0.15) is 24.2 Å². The number of ether oxygens (including phenoxy) is 1. The van der Waals surface area contributed by atoms with E-state index in [0.29, 0.717) is 18.3 Å². The lowest BCUT2D eigenvalue weighted by atomic mass is 10.0. The zero-order valence-corrected chi connectivity index (χ0v) is 18.6. The number of anilines is 1. The van der Waals surface area contributed by atoms with E-state index in [1.807, 2.05) is 4.90 Å². The predicted molar refractivity (Wildman–Crippen MR) is 125 cm³/mol. The van der Waals surface area contributed by atoms with Gasteiger partial charge in [0.2, 0.25) is 0 Å². The predicted octanol–water partition coefficient (Wildman–Crippen LogP) is 2.18. The molecule has 1 saturated heterocycles. The molecule has 0 spiro atoms. The molecule has 0 aromatic heterocycles. The molecular formula is C24H34N4O4. The van der Waals surface area contributed by atoms with Gasteiger partial charge < -0.3 is 35.8 Å². The number of urea groups is 1. The molecule has 1 aliphatic rings. The normalized spacial score (nSPS) is 15.2. The summed E-state index contributed by atoms with van der Waals surface area (Å²) in [4.78, 5) is 13.5. The Morgan fingerprint density at radius 3 is 2.47 bits per heavy atom. The Labute approximate surface area is 189 Å². The first kappa shape index (κ1) is 23.7. The maximum Gasteiger partial charge on any atom is 0.317 e. The number of hydrogen-bond acceptors (Lipinski definition) is 6. The molecule has 32 heavy (non-hydrogen) atoms. The third-order valence-corrected chi connectivity index (χ3v) is 5.57. The Morgan fingerprint density at radius 2 is 1.81 bits per heavy atom. The lowest BCUT2D eigenvalue weighted by molar-refractivity contribution is 0.106. The van der Waals surface area contributed by atoms with Crippen molar-refractivity contribution >= 4 is 11.7 Å². The molecule has 2 aromatic rings. The van der Waals surface area contributed by atoms with Gasteiger partial charge in [-0.25, -0.2) is 4.79 Å². The molecule has 0 radical (unpaired) electrons. The quantitative estimate of drug-likeness (QED) is 0.361. The first-order valence-electron chi connectivity index (χ1n) is 11.2. The summed E-state index contributed by atoms with van der Waals surface area (Å²) in [5.41, 5.74) is 2.33. The number of aliphatic hydroxyl groups excluding tert-OH is 1. The minimum Gasteiger partial charge on any atom is -0.508 e. The Morgan fingerprint density at radius 1 is 1.12 bits per heavy atom. The highest BCUT2D eigenvalue weighted by molar-refractivity contribution is 5.73. The number of rotatable bonds is 10. The van der Waals surface area contributed by atoms with Crippen molar-refractivity contribution in [2.75, 3.05) is 45.2 Å². The van der Waals surface area contributed by atoms with E-state index in [9.17, 15) is 15.0 Å². The molecule has 0 bridgehead atoms. The second-order valence-electron chi connectivity index (χ2n) is 8.07. The van der Waals surface area contributed by atoms with Crippen molar-refractivity contribution in [3.05, 3.63) is 54.1 Å². The van der Waals surface area contributed by atoms with Crippen molar-refractivity contribution in [1.29, 1.82) is 0 Å². The first-order chi connectivity index (χ1) is 15.5. The van der Waals surface area contributed by atoms with Crippen LogP contribution >= 0.6 is 0 Å². The average Bonchev–Trinajstić information content (AvgIpc) is 2.82. The van der Waals surface area contributed by atoms with Crippen molar-refractivity contribution in [3.8, 4) is 11.5 Å². The molecular weight excluding hydrogens is 408 g/mol. The molecule has 2 amide bonds. The van der Waals surface area contributed by atoms with Crippen molar-refractivity contribution in [2.24, 2.45) is 0 Å². The largest absolute Gasteiger partial charge is 0.508 e. The summed E-state index contributed by atoms with van der Waals surface area (Å²) >= 11 is 0. The number of phenols is 1. The number of hydrogen-bond donors (Lipinski definition) is 5. The van der Waals surface area contributed by atoms with E-state index >= 15 is 0 Å². The highest BCUT2D eigenvalue weighted by Gasteiger charge is 2.21. The van der Waals surface area contributed by atoms with E-state index in [-0.39, 0.29) is 18.4 Å². The summed E-state index contributed by atoms with van der Waals surface area (Å²) < 4.78 is 5.51. The maximum atomic E-state index is 11.7. The highest BCUT2D eigenvalue weighted by Crippen LogP contribution is 2.18. The van der Waals surface area contributed by atoms with Gasteiger partial charge in [-0.15, -0.1) is 0 Å². The molecule has 1 heterocycles. The van der Waals surface area contributed by atoms with Crippen molar-refractivity contribution < 1.29 is 19.7 Å². The Balaban J connectivity index is 1.29. The van der Waals surface area contributed by atoms with E-state index in [4.69, 9.17) is 4.74 Å². The van der Waals surface area contributed by atoms with E-state index < -0.39 is 6.10 Å². The van der Waals surface area contributed by atoms with E-state index in [0.717, 1.165) is 44.6 Å². The number of aromatic hydroxyl groups is 1. The molecule has 0 aliphatic carbocycles. The van der Waals surface area contributed by atoms with Crippen LogP contribution in [0.3, 0.4) is 0 Å². The van der Waals surface area contributed by atoms with Crippen LogP contribution in [0.2, 0.25) is 0 Å². The Kier molecular flexibility index (Phi) is 9.01. The lowest BCUT2D eigenvalue weighted by Crippen LogP contribution is -2.45. The summed E-state index contributed by atoms with van der Waals surface area (Å²) in [5, 5.41) is 28.8. The fourth-order valence-corrected chi connectivity index (χ4v) is 3.68. The van der Waals surface area contributed by atoms with Gasteiger partial charge in [0, 0.05) is 38.4 Å². The number of nitrogens with one attached hydrogen (secondary N) is 3. The molecule has 2 aromatic carbocycles. The molecule has 3 rings (SSSR count). The molecule has 174 valence electrons. The van der Waals surface area contributed by atoms with Crippen LogP contribution in [0, 0.1) is 0 Å².